The fraction of sp³-hybridized carbons (Fsp3) is 0.250. The summed E-state index contributed by atoms with van der Waals surface area (Å²) in [5.74, 6) is -2.02. The number of benzene rings is 2. The molecular weight excluding hydrogens is 316 g/mol. The molecule has 2 unspecified atom stereocenters. The van der Waals surface area contributed by atoms with Crippen LogP contribution < -0.4 is 0 Å². The molecule has 128 valence electrons. The third kappa shape index (κ3) is 4.67. The number of hydrogen-bond donors (Lipinski definition) is 1. The minimum absolute atomic E-state index is 0.207. The lowest BCUT2D eigenvalue weighted by molar-refractivity contribution is -0.146. The van der Waals surface area contributed by atoms with Crippen molar-refractivity contribution in [1.29, 1.82) is 5.26 Å². The summed E-state index contributed by atoms with van der Waals surface area (Å²) in [5.41, 5.74) is 1.98. The van der Waals surface area contributed by atoms with Crippen LogP contribution in [0.2, 0.25) is 0 Å². The van der Waals surface area contributed by atoms with Gasteiger partial charge in [0.2, 0.25) is 0 Å². The van der Waals surface area contributed by atoms with Gasteiger partial charge in [-0.3, -0.25) is 4.79 Å². The Morgan fingerprint density at radius 2 is 1.76 bits per heavy atom. The fourth-order valence-corrected chi connectivity index (χ4v) is 2.72. The van der Waals surface area contributed by atoms with E-state index in [-0.39, 0.29) is 13.0 Å². The predicted octanol–water partition coefficient (Wildman–Crippen LogP) is 3.74. The maximum absolute atomic E-state index is 12.2. The van der Waals surface area contributed by atoms with Gasteiger partial charge in [0.05, 0.1) is 18.4 Å². The van der Waals surface area contributed by atoms with Crippen molar-refractivity contribution < 1.29 is 14.7 Å². The van der Waals surface area contributed by atoms with Crippen molar-refractivity contribution >= 4 is 11.7 Å². The molecule has 2 rings (SSSR count). The Morgan fingerprint density at radius 1 is 1.16 bits per heavy atom. The molecule has 5 nitrogen and oxygen atoms in total. The van der Waals surface area contributed by atoms with Gasteiger partial charge in [0.15, 0.2) is 5.92 Å². The zero-order valence-electron chi connectivity index (χ0n) is 14.0. The number of ether oxygens (including phenoxy) is 1. The maximum Gasteiger partial charge on any atom is 0.323 e. The molecule has 0 amide bonds. The highest BCUT2D eigenvalue weighted by Gasteiger charge is 2.32. The molecule has 0 fully saturated rings. The van der Waals surface area contributed by atoms with Crippen molar-refractivity contribution in [2.24, 2.45) is 11.1 Å². The molecule has 2 aromatic carbocycles. The summed E-state index contributed by atoms with van der Waals surface area (Å²) in [6.45, 7) is 1.91. The zero-order valence-corrected chi connectivity index (χ0v) is 14.0. The highest BCUT2D eigenvalue weighted by atomic mass is 16.5. The Hall–Kier alpha value is -3.13. The topological polar surface area (TPSA) is 82.7 Å². The van der Waals surface area contributed by atoms with E-state index in [1.165, 1.54) is 0 Å². The highest BCUT2D eigenvalue weighted by molar-refractivity contribution is 6.01. The molecule has 0 aliphatic heterocycles. The van der Waals surface area contributed by atoms with E-state index < -0.39 is 17.8 Å². The zero-order chi connectivity index (χ0) is 18.1. The third-order valence-electron chi connectivity index (χ3n) is 3.95. The Morgan fingerprint density at radius 3 is 2.28 bits per heavy atom. The fourth-order valence-electron chi connectivity index (χ4n) is 2.72. The van der Waals surface area contributed by atoms with E-state index in [4.69, 9.17) is 4.74 Å². The van der Waals surface area contributed by atoms with E-state index in [0.29, 0.717) is 5.71 Å². The van der Waals surface area contributed by atoms with Crippen molar-refractivity contribution in [1.82, 2.24) is 0 Å². The number of esters is 1. The van der Waals surface area contributed by atoms with Crippen LogP contribution in [-0.2, 0) is 9.53 Å². The molecule has 25 heavy (non-hydrogen) atoms. The van der Waals surface area contributed by atoms with Gasteiger partial charge >= 0.3 is 5.97 Å². The lowest BCUT2D eigenvalue weighted by Gasteiger charge is -2.21. The van der Waals surface area contributed by atoms with Crippen molar-refractivity contribution in [3.05, 3.63) is 71.8 Å². The number of carbonyl (C=O) groups excluding carboxylic acids is 1. The van der Waals surface area contributed by atoms with E-state index in [9.17, 15) is 15.3 Å². The summed E-state index contributed by atoms with van der Waals surface area (Å²) in [7, 11) is 0. The average Bonchev–Trinajstić information content (AvgIpc) is 2.66. The average molecular weight is 336 g/mol. The van der Waals surface area contributed by atoms with Crippen LogP contribution in [0.3, 0.4) is 0 Å². The molecule has 2 atom stereocenters. The first-order valence-corrected chi connectivity index (χ1v) is 8.08. The quantitative estimate of drug-likeness (QED) is 0.361. The molecule has 2 aromatic rings. The molecule has 5 heteroatoms. The Labute approximate surface area is 147 Å². The van der Waals surface area contributed by atoms with Gasteiger partial charge in [-0.1, -0.05) is 65.8 Å². The number of nitrogens with zero attached hydrogens (tertiary/aromatic N) is 2. The number of hydrogen-bond acceptors (Lipinski definition) is 5. The maximum atomic E-state index is 12.2. The number of rotatable bonds is 7. The Bertz CT molecular complexity index is 752. The van der Waals surface area contributed by atoms with E-state index in [2.05, 4.69) is 11.2 Å². The van der Waals surface area contributed by atoms with Gasteiger partial charge in [-0.25, -0.2) is 0 Å². The van der Waals surface area contributed by atoms with Crippen LogP contribution in [0.1, 0.15) is 30.4 Å². The molecule has 0 saturated heterocycles. The monoisotopic (exact) mass is 336 g/mol. The van der Waals surface area contributed by atoms with Crippen LogP contribution in [0.25, 0.3) is 0 Å². The normalized spacial score (nSPS) is 13.5. The Kier molecular flexibility index (Phi) is 6.73. The molecule has 0 aliphatic carbocycles. The highest BCUT2D eigenvalue weighted by Crippen LogP contribution is 2.30. The van der Waals surface area contributed by atoms with Crippen molar-refractivity contribution in [2.45, 2.75) is 19.3 Å². The Balaban J connectivity index is 2.38. The molecule has 0 spiro atoms. The molecule has 1 N–H and O–H groups in total. The minimum atomic E-state index is -0.984. The standard InChI is InChI=1S/C20H20N2O3/c1-2-25-20(23)18(14-21)17(15-9-5-3-6-10-15)13-19(22-24)16-11-7-4-8-12-16/h3-12,17-18,24H,2,13H2,1H3/b22-19-. The summed E-state index contributed by atoms with van der Waals surface area (Å²) >= 11 is 0. The lowest BCUT2D eigenvalue weighted by Crippen LogP contribution is -2.25. The van der Waals surface area contributed by atoms with Crippen molar-refractivity contribution in [2.75, 3.05) is 6.61 Å². The van der Waals surface area contributed by atoms with Crippen LogP contribution in [-0.4, -0.2) is 23.5 Å². The smallest absolute Gasteiger partial charge is 0.323 e. The molecule has 0 saturated carbocycles. The molecule has 0 radical (unpaired) electrons. The molecule has 0 bridgehead atoms. The number of oxime groups is 1. The second-order valence-corrected chi connectivity index (χ2v) is 5.49. The molecular formula is C20H20N2O3. The van der Waals surface area contributed by atoms with Gasteiger partial charge in [-0.2, -0.15) is 5.26 Å². The second kappa shape index (κ2) is 9.24. The van der Waals surface area contributed by atoms with E-state index in [1.807, 2.05) is 60.7 Å². The van der Waals surface area contributed by atoms with Crippen molar-refractivity contribution in [3.8, 4) is 6.07 Å². The summed E-state index contributed by atoms with van der Waals surface area (Å²) in [6.07, 6.45) is 0.238. The molecule has 0 heterocycles. The largest absolute Gasteiger partial charge is 0.465 e. The van der Waals surface area contributed by atoms with Crippen LogP contribution in [0, 0.1) is 17.2 Å². The predicted molar refractivity (Wildman–Crippen MR) is 94.3 cm³/mol. The van der Waals surface area contributed by atoms with Crippen LogP contribution >= 0.6 is 0 Å². The van der Waals surface area contributed by atoms with E-state index in [0.717, 1.165) is 11.1 Å². The summed E-state index contributed by atoms with van der Waals surface area (Å²) in [6, 6.07) is 20.5. The SMILES string of the molecule is CCOC(=O)C(C#N)C(C/C(=N/O)c1ccccc1)c1ccccc1. The first-order chi connectivity index (χ1) is 12.2. The summed E-state index contributed by atoms with van der Waals surface area (Å²) in [5, 5.41) is 22.4. The van der Waals surface area contributed by atoms with Gasteiger partial charge in [-0.15, -0.1) is 0 Å². The van der Waals surface area contributed by atoms with Crippen LogP contribution in [0.5, 0.6) is 0 Å². The summed E-state index contributed by atoms with van der Waals surface area (Å²) < 4.78 is 5.05. The van der Waals surface area contributed by atoms with Gasteiger partial charge < -0.3 is 9.94 Å². The molecule has 0 aliphatic rings. The van der Waals surface area contributed by atoms with Crippen LogP contribution in [0.15, 0.2) is 65.8 Å². The third-order valence-corrected chi connectivity index (χ3v) is 3.95. The van der Waals surface area contributed by atoms with E-state index in [1.54, 1.807) is 6.92 Å². The van der Waals surface area contributed by atoms with E-state index >= 15 is 0 Å². The number of nitriles is 1. The minimum Gasteiger partial charge on any atom is -0.465 e. The van der Waals surface area contributed by atoms with Crippen molar-refractivity contribution in [3.63, 3.8) is 0 Å². The first-order valence-electron chi connectivity index (χ1n) is 8.08. The molecule has 0 aromatic heterocycles. The van der Waals surface area contributed by atoms with Gasteiger partial charge in [0, 0.05) is 12.3 Å². The van der Waals surface area contributed by atoms with Gasteiger partial charge in [0.1, 0.15) is 0 Å². The van der Waals surface area contributed by atoms with Gasteiger partial charge in [-0.05, 0) is 18.1 Å². The summed E-state index contributed by atoms with van der Waals surface area (Å²) in [4.78, 5) is 12.2. The lowest BCUT2D eigenvalue weighted by atomic mass is 9.82. The van der Waals surface area contributed by atoms with Gasteiger partial charge in [0.25, 0.3) is 0 Å². The van der Waals surface area contributed by atoms with Crippen LogP contribution in [0.4, 0.5) is 0 Å². The number of carbonyl (C=O) groups is 1. The second-order valence-electron chi connectivity index (χ2n) is 5.49. The first kappa shape index (κ1) is 18.2.